The van der Waals surface area contributed by atoms with E-state index < -0.39 is 5.91 Å². The predicted molar refractivity (Wildman–Crippen MR) is 66.8 cm³/mol. The van der Waals surface area contributed by atoms with Crippen LogP contribution in [0, 0.1) is 0 Å². The van der Waals surface area contributed by atoms with E-state index in [1.807, 2.05) is 0 Å². The molecule has 0 aliphatic carbocycles. The molecule has 1 amide bonds. The van der Waals surface area contributed by atoms with Crippen LogP contribution < -0.4 is 15.8 Å². The van der Waals surface area contributed by atoms with Gasteiger partial charge in [-0.1, -0.05) is 0 Å². The molecule has 0 unspecified atom stereocenters. The minimum atomic E-state index is -0.524. The molecular formula is C12H12N4O2. The molecule has 3 N–H and O–H groups in total. The Hall–Kier alpha value is -2.63. The molecule has 0 spiro atoms. The molecule has 92 valence electrons. The van der Waals surface area contributed by atoms with Crippen LogP contribution in [0.3, 0.4) is 0 Å². The summed E-state index contributed by atoms with van der Waals surface area (Å²) in [5.41, 5.74) is 6.84. The predicted octanol–water partition coefficient (Wildman–Crippen LogP) is 1.33. The maximum absolute atomic E-state index is 11.0. The fourth-order valence-electron chi connectivity index (χ4n) is 1.45. The highest BCUT2D eigenvalue weighted by atomic mass is 16.5. The number of anilines is 2. The van der Waals surface area contributed by atoms with E-state index in [-0.39, 0.29) is 0 Å². The average molecular weight is 244 g/mol. The van der Waals surface area contributed by atoms with Crippen molar-refractivity contribution in [3.8, 4) is 5.75 Å². The molecule has 0 fully saturated rings. The number of rotatable bonds is 4. The third-order valence-corrected chi connectivity index (χ3v) is 2.30. The van der Waals surface area contributed by atoms with Gasteiger partial charge in [0.1, 0.15) is 5.75 Å². The van der Waals surface area contributed by atoms with Gasteiger partial charge in [0.25, 0.3) is 0 Å². The van der Waals surface area contributed by atoms with E-state index in [4.69, 9.17) is 10.5 Å². The van der Waals surface area contributed by atoms with Crippen molar-refractivity contribution < 1.29 is 9.53 Å². The van der Waals surface area contributed by atoms with E-state index in [2.05, 4.69) is 15.3 Å². The normalized spacial score (nSPS) is 9.83. The number of pyridine rings is 2. The number of nitrogens with one attached hydrogen (secondary N) is 1. The number of carbonyl (C=O) groups excluding carboxylic acids is 1. The van der Waals surface area contributed by atoms with Crippen LogP contribution in [0.25, 0.3) is 0 Å². The lowest BCUT2D eigenvalue weighted by Crippen LogP contribution is -2.11. The van der Waals surface area contributed by atoms with E-state index in [0.717, 1.165) is 0 Å². The lowest BCUT2D eigenvalue weighted by molar-refractivity contribution is 0.1000. The summed E-state index contributed by atoms with van der Waals surface area (Å²) in [6, 6.07) is 3.34. The highest BCUT2D eigenvalue weighted by Gasteiger charge is 2.05. The van der Waals surface area contributed by atoms with Gasteiger partial charge in [-0.05, 0) is 6.07 Å². The molecule has 0 aromatic carbocycles. The summed E-state index contributed by atoms with van der Waals surface area (Å²) in [5.74, 6) is 0.124. The van der Waals surface area contributed by atoms with E-state index in [9.17, 15) is 4.79 Å². The number of primary amides is 1. The Morgan fingerprint density at radius 2 is 2.17 bits per heavy atom. The standard InChI is InChI=1S/C12H12N4O2/c1-18-11-2-3-14-7-10(11)16-9-4-8(12(13)17)5-15-6-9/h2-7,16H,1H3,(H2,13,17). The Bertz CT molecular complexity index is 572. The monoisotopic (exact) mass is 244 g/mol. The zero-order valence-electron chi connectivity index (χ0n) is 9.75. The van der Waals surface area contributed by atoms with Crippen LogP contribution >= 0.6 is 0 Å². The van der Waals surface area contributed by atoms with Gasteiger partial charge >= 0.3 is 0 Å². The van der Waals surface area contributed by atoms with Crippen molar-refractivity contribution in [1.82, 2.24) is 9.97 Å². The number of nitrogens with two attached hydrogens (primary N) is 1. The zero-order chi connectivity index (χ0) is 13.0. The van der Waals surface area contributed by atoms with E-state index in [1.165, 1.54) is 6.20 Å². The molecule has 0 atom stereocenters. The van der Waals surface area contributed by atoms with Gasteiger partial charge in [-0.25, -0.2) is 0 Å². The Labute approximate surface area is 104 Å². The van der Waals surface area contributed by atoms with Gasteiger partial charge < -0.3 is 15.8 Å². The number of hydrogen-bond donors (Lipinski definition) is 2. The maximum atomic E-state index is 11.0. The number of methoxy groups -OCH3 is 1. The van der Waals surface area contributed by atoms with Crippen molar-refractivity contribution in [3.63, 3.8) is 0 Å². The van der Waals surface area contributed by atoms with Crippen LogP contribution in [-0.4, -0.2) is 23.0 Å². The molecule has 0 bridgehead atoms. The van der Waals surface area contributed by atoms with Crippen molar-refractivity contribution in [2.75, 3.05) is 12.4 Å². The molecule has 2 aromatic rings. The van der Waals surface area contributed by atoms with Crippen molar-refractivity contribution in [3.05, 3.63) is 42.5 Å². The number of ether oxygens (including phenoxy) is 1. The second-order valence-electron chi connectivity index (χ2n) is 3.53. The number of aromatic nitrogens is 2. The largest absolute Gasteiger partial charge is 0.494 e. The smallest absolute Gasteiger partial charge is 0.250 e. The van der Waals surface area contributed by atoms with Crippen molar-refractivity contribution in [1.29, 1.82) is 0 Å². The summed E-state index contributed by atoms with van der Waals surface area (Å²) in [7, 11) is 1.57. The molecule has 0 saturated heterocycles. The maximum Gasteiger partial charge on any atom is 0.250 e. The molecule has 0 aliphatic heterocycles. The minimum Gasteiger partial charge on any atom is -0.494 e. The molecule has 18 heavy (non-hydrogen) atoms. The SMILES string of the molecule is COc1ccncc1Nc1cncc(C(N)=O)c1. The van der Waals surface area contributed by atoms with Gasteiger partial charge in [0.15, 0.2) is 0 Å². The zero-order valence-corrected chi connectivity index (χ0v) is 9.75. The third kappa shape index (κ3) is 2.54. The summed E-state index contributed by atoms with van der Waals surface area (Å²) >= 11 is 0. The van der Waals surface area contributed by atoms with Crippen LogP contribution in [0.5, 0.6) is 5.75 Å². The van der Waals surface area contributed by atoms with Crippen molar-refractivity contribution >= 4 is 17.3 Å². The summed E-state index contributed by atoms with van der Waals surface area (Å²) < 4.78 is 5.18. The Morgan fingerprint density at radius 1 is 1.33 bits per heavy atom. The number of hydrogen-bond acceptors (Lipinski definition) is 5. The molecule has 0 radical (unpaired) electrons. The lowest BCUT2D eigenvalue weighted by atomic mass is 10.2. The van der Waals surface area contributed by atoms with E-state index in [1.54, 1.807) is 37.8 Å². The molecule has 2 rings (SSSR count). The molecular weight excluding hydrogens is 232 g/mol. The summed E-state index contributed by atoms with van der Waals surface area (Å²) in [5, 5.41) is 3.06. The molecule has 2 aromatic heterocycles. The van der Waals surface area contributed by atoms with Gasteiger partial charge in [-0.2, -0.15) is 0 Å². The van der Waals surface area contributed by atoms with Gasteiger partial charge in [0.2, 0.25) is 5.91 Å². The second-order valence-corrected chi connectivity index (χ2v) is 3.53. The molecule has 2 heterocycles. The second kappa shape index (κ2) is 5.13. The van der Waals surface area contributed by atoms with Gasteiger partial charge in [0, 0.05) is 18.5 Å². The Morgan fingerprint density at radius 3 is 2.89 bits per heavy atom. The van der Waals surface area contributed by atoms with Crippen LogP contribution in [0.1, 0.15) is 10.4 Å². The summed E-state index contributed by atoms with van der Waals surface area (Å²) in [6.45, 7) is 0. The minimum absolute atomic E-state index is 0.336. The highest BCUT2D eigenvalue weighted by molar-refractivity contribution is 5.93. The first-order valence-electron chi connectivity index (χ1n) is 5.20. The first-order valence-corrected chi connectivity index (χ1v) is 5.20. The van der Waals surface area contributed by atoms with Crippen LogP contribution in [-0.2, 0) is 0 Å². The first kappa shape index (κ1) is 11.8. The number of carbonyl (C=O) groups is 1. The fraction of sp³-hybridized carbons (Fsp3) is 0.0833. The fourth-order valence-corrected chi connectivity index (χ4v) is 1.45. The van der Waals surface area contributed by atoms with E-state index >= 15 is 0 Å². The number of amides is 1. The molecule has 0 aliphatic rings. The van der Waals surface area contributed by atoms with E-state index in [0.29, 0.717) is 22.7 Å². The molecule has 0 saturated carbocycles. The average Bonchev–Trinajstić information content (AvgIpc) is 2.39. The van der Waals surface area contributed by atoms with Gasteiger partial charge in [-0.15, -0.1) is 0 Å². The van der Waals surface area contributed by atoms with Crippen molar-refractivity contribution in [2.24, 2.45) is 5.73 Å². The van der Waals surface area contributed by atoms with Gasteiger partial charge in [-0.3, -0.25) is 14.8 Å². The first-order chi connectivity index (χ1) is 8.70. The Kier molecular flexibility index (Phi) is 3.38. The topological polar surface area (TPSA) is 90.1 Å². The summed E-state index contributed by atoms with van der Waals surface area (Å²) in [4.78, 5) is 19.0. The quantitative estimate of drug-likeness (QED) is 0.846. The van der Waals surface area contributed by atoms with Crippen LogP contribution in [0.4, 0.5) is 11.4 Å². The van der Waals surface area contributed by atoms with Crippen molar-refractivity contribution in [2.45, 2.75) is 0 Å². The summed E-state index contributed by atoms with van der Waals surface area (Å²) in [6.07, 6.45) is 6.24. The Balaban J connectivity index is 2.28. The van der Waals surface area contributed by atoms with Gasteiger partial charge in [0.05, 0.1) is 36.4 Å². The number of nitrogens with zero attached hydrogens (tertiary/aromatic N) is 2. The lowest BCUT2D eigenvalue weighted by Gasteiger charge is -2.10. The van der Waals surface area contributed by atoms with Crippen LogP contribution in [0.2, 0.25) is 0 Å². The molecule has 6 heteroatoms. The third-order valence-electron chi connectivity index (χ3n) is 2.30. The highest BCUT2D eigenvalue weighted by Crippen LogP contribution is 2.25. The molecule has 6 nitrogen and oxygen atoms in total. The van der Waals surface area contributed by atoms with Crippen LogP contribution in [0.15, 0.2) is 36.9 Å².